The molecule has 0 saturated carbocycles. The predicted octanol–water partition coefficient (Wildman–Crippen LogP) is 3.20. The van der Waals surface area contributed by atoms with Gasteiger partial charge in [-0.15, -0.1) is 0 Å². The van der Waals surface area contributed by atoms with Crippen molar-refractivity contribution in [2.24, 2.45) is 7.05 Å². The van der Waals surface area contributed by atoms with E-state index in [1.165, 1.54) is 0 Å². The predicted molar refractivity (Wildman–Crippen MR) is 92.5 cm³/mol. The number of hydrogen-bond donors (Lipinski definition) is 1. The molecule has 0 bridgehead atoms. The van der Waals surface area contributed by atoms with Gasteiger partial charge in [-0.2, -0.15) is 0 Å². The first-order valence-electron chi connectivity index (χ1n) is 7.62. The molecule has 1 N–H and O–H groups in total. The normalized spacial score (nSPS) is 10.5. The first kappa shape index (κ1) is 15.9. The Labute approximate surface area is 141 Å². The number of rotatable bonds is 5. The molecular formula is C19H21N2O3+. The quantitative estimate of drug-likeness (QED) is 0.733. The molecule has 0 radical (unpaired) electrons. The van der Waals surface area contributed by atoms with Crippen LogP contribution in [-0.4, -0.2) is 26.3 Å². The molecule has 5 heteroatoms. The van der Waals surface area contributed by atoms with Crippen LogP contribution < -0.4 is 18.8 Å². The molecular weight excluding hydrogens is 304 g/mol. The zero-order chi connectivity index (χ0) is 17.1. The summed E-state index contributed by atoms with van der Waals surface area (Å²) in [6.45, 7) is 0. The van der Waals surface area contributed by atoms with Crippen molar-refractivity contribution in [3.63, 3.8) is 0 Å². The summed E-state index contributed by atoms with van der Waals surface area (Å²) >= 11 is 0. The summed E-state index contributed by atoms with van der Waals surface area (Å²) < 4.78 is 18.2. The van der Waals surface area contributed by atoms with Crippen LogP contribution in [0.5, 0.6) is 17.2 Å². The lowest BCUT2D eigenvalue weighted by Gasteiger charge is -2.07. The van der Waals surface area contributed by atoms with Gasteiger partial charge in [0.2, 0.25) is 0 Å². The van der Waals surface area contributed by atoms with Crippen LogP contribution in [-0.2, 0) is 7.05 Å². The molecule has 0 unspecified atom stereocenters. The van der Waals surface area contributed by atoms with E-state index >= 15 is 0 Å². The Morgan fingerprint density at radius 2 is 1.54 bits per heavy atom. The Bertz CT molecular complexity index is 856. The van der Waals surface area contributed by atoms with Crippen molar-refractivity contribution in [1.29, 1.82) is 0 Å². The number of benzene rings is 2. The lowest BCUT2D eigenvalue weighted by atomic mass is 10.1. The van der Waals surface area contributed by atoms with Crippen LogP contribution >= 0.6 is 0 Å². The molecule has 3 rings (SSSR count). The van der Waals surface area contributed by atoms with E-state index in [9.17, 15) is 0 Å². The van der Waals surface area contributed by atoms with Crippen LogP contribution in [0.4, 0.5) is 0 Å². The van der Waals surface area contributed by atoms with E-state index in [2.05, 4.69) is 4.98 Å². The van der Waals surface area contributed by atoms with Gasteiger partial charge < -0.3 is 14.2 Å². The molecule has 5 nitrogen and oxygen atoms in total. The van der Waals surface area contributed by atoms with E-state index in [1.807, 2.05) is 60.3 Å². The lowest BCUT2D eigenvalue weighted by molar-refractivity contribution is -0.658. The van der Waals surface area contributed by atoms with Crippen molar-refractivity contribution in [3.8, 4) is 39.9 Å². The van der Waals surface area contributed by atoms with Gasteiger partial charge in [0.25, 0.3) is 5.82 Å². The molecule has 0 fully saturated rings. The third-order valence-electron chi connectivity index (χ3n) is 3.99. The number of nitrogens with zero attached hydrogens (tertiary/aromatic N) is 1. The molecule has 124 valence electrons. The fourth-order valence-corrected chi connectivity index (χ4v) is 2.75. The van der Waals surface area contributed by atoms with Crippen LogP contribution in [0.2, 0.25) is 0 Å². The number of hydrogen-bond acceptors (Lipinski definition) is 3. The Morgan fingerprint density at radius 1 is 0.833 bits per heavy atom. The zero-order valence-corrected chi connectivity index (χ0v) is 14.3. The summed E-state index contributed by atoms with van der Waals surface area (Å²) in [7, 11) is 6.95. The van der Waals surface area contributed by atoms with Gasteiger partial charge in [0.1, 0.15) is 17.5 Å². The van der Waals surface area contributed by atoms with Crippen molar-refractivity contribution in [2.45, 2.75) is 0 Å². The van der Waals surface area contributed by atoms with Crippen molar-refractivity contribution in [2.75, 3.05) is 21.3 Å². The number of aryl methyl sites for hydroxylation is 1. The van der Waals surface area contributed by atoms with Crippen LogP contribution in [0.3, 0.4) is 0 Å². The van der Waals surface area contributed by atoms with E-state index < -0.39 is 0 Å². The summed E-state index contributed by atoms with van der Waals surface area (Å²) in [5.74, 6) is 3.21. The Morgan fingerprint density at radius 3 is 2.25 bits per heavy atom. The van der Waals surface area contributed by atoms with Crippen molar-refractivity contribution in [1.82, 2.24) is 4.98 Å². The van der Waals surface area contributed by atoms with Gasteiger partial charge in [0.05, 0.1) is 28.4 Å². The van der Waals surface area contributed by atoms with Gasteiger partial charge in [-0.05, 0) is 30.3 Å². The average Bonchev–Trinajstić information content (AvgIpc) is 3.02. The van der Waals surface area contributed by atoms with E-state index in [0.717, 1.165) is 28.4 Å². The zero-order valence-electron chi connectivity index (χ0n) is 14.3. The van der Waals surface area contributed by atoms with Crippen molar-refractivity contribution < 1.29 is 18.8 Å². The molecule has 3 aromatic rings. The van der Waals surface area contributed by atoms with Crippen LogP contribution in [0, 0.1) is 0 Å². The molecule has 0 spiro atoms. The molecule has 1 heterocycles. The third kappa shape index (κ3) is 2.80. The highest BCUT2D eigenvalue weighted by Crippen LogP contribution is 2.33. The number of aromatic nitrogens is 2. The van der Waals surface area contributed by atoms with Crippen LogP contribution in [0.1, 0.15) is 0 Å². The van der Waals surface area contributed by atoms with E-state index in [-0.39, 0.29) is 0 Å². The Hall–Kier alpha value is -2.95. The topological polar surface area (TPSA) is 47.4 Å². The smallest absolute Gasteiger partial charge is 0.290 e. The van der Waals surface area contributed by atoms with Gasteiger partial charge in [0.15, 0.2) is 17.2 Å². The minimum atomic E-state index is 0.700. The van der Waals surface area contributed by atoms with E-state index in [1.54, 1.807) is 21.3 Å². The second-order valence-corrected chi connectivity index (χ2v) is 5.40. The standard InChI is InChI=1S/C19H20N2O3/c1-21-12-15(13-9-10-17(23-3)18(11-13)24-4)20-19(21)14-7-5-6-8-16(14)22-2/h5-12H,1-4H3/p+1. The molecule has 1 aromatic heterocycles. The lowest BCUT2D eigenvalue weighted by Crippen LogP contribution is -2.27. The molecule has 0 aliphatic heterocycles. The van der Waals surface area contributed by atoms with E-state index in [0.29, 0.717) is 11.5 Å². The minimum Gasteiger partial charge on any atom is -0.496 e. The number of aromatic amines is 1. The number of H-pyrrole nitrogens is 1. The highest BCUT2D eigenvalue weighted by atomic mass is 16.5. The van der Waals surface area contributed by atoms with Crippen LogP contribution in [0.25, 0.3) is 22.6 Å². The average molecular weight is 325 g/mol. The second kappa shape index (κ2) is 6.66. The SMILES string of the molecule is COc1ccc(-c2c[n+](C)c(-c3ccccc3OC)[nH]2)cc1OC. The first-order chi connectivity index (χ1) is 11.7. The molecule has 24 heavy (non-hydrogen) atoms. The Balaban J connectivity index is 2.06. The highest BCUT2D eigenvalue weighted by molar-refractivity contribution is 5.68. The number of imidazole rings is 1. The molecule has 2 aromatic carbocycles. The fraction of sp³-hybridized carbons (Fsp3) is 0.211. The molecule has 0 saturated heterocycles. The number of nitrogens with one attached hydrogen (secondary N) is 1. The maximum Gasteiger partial charge on any atom is 0.290 e. The van der Waals surface area contributed by atoms with Gasteiger partial charge in [0, 0.05) is 5.56 Å². The number of ether oxygens (including phenoxy) is 3. The summed E-state index contributed by atoms with van der Waals surface area (Å²) in [5, 5.41) is 0. The molecule has 0 aliphatic rings. The number of methoxy groups -OCH3 is 3. The van der Waals surface area contributed by atoms with Gasteiger partial charge in [-0.1, -0.05) is 12.1 Å². The maximum absolute atomic E-state index is 5.47. The Kier molecular flexibility index (Phi) is 4.42. The minimum absolute atomic E-state index is 0.700. The maximum atomic E-state index is 5.47. The first-order valence-corrected chi connectivity index (χ1v) is 7.62. The van der Waals surface area contributed by atoms with Crippen molar-refractivity contribution in [3.05, 3.63) is 48.7 Å². The van der Waals surface area contributed by atoms with Crippen LogP contribution in [0.15, 0.2) is 48.7 Å². The summed E-state index contributed by atoms with van der Waals surface area (Å²) in [6, 6.07) is 13.8. The van der Waals surface area contributed by atoms with Gasteiger partial charge in [-0.3, -0.25) is 0 Å². The highest BCUT2D eigenvalue weighted by Gasteiger charge is 2.20. The second-order valence-electron chi connectivity index (χ2n) is 5.40. The summed E-state index contributed by atoms with van der Waals surface area (Å²) in [5.41, 5.74) is 3.01. The molecule has 0 atom stereocenters. The monoisotopic (exact) mass is 325 g/mol. The summed E-state index contributed by atoms with van der Waals surface area (Å²) in [6.07, 6.45) is 2.04. The molecule has 0 aliphatic carbocycles. The largest absolute Gasteiger partial charge is 0.496 e. The molecule has 0 amide bonds. The van der Waals surface area contributed by atoms with E-state index in [4.69, 9.17) is 14.2 Å². The van der Waals surface area contributed by atoms with Gasteiger partial charge in [-0.25, -0.2) is 9.55 Å². The van der Waals surface area contributed by atoms with Gasteiger partial charge >= 0.3 is 0 Å². The fourth-order valence-electron chi connectivity index (χ4n) is 2.75. The third-order valence-corrected chi connectivity index (χ3v) is 3.99. The number of para-hydroxylation sites is 1. The summed E-state index contributed by atoms with van der Waals surface area (Å²) in [4.78, 5) is 3.46. The van der Waals surface area contributed by atoms with Crippen molar-refractivity contribution >= 4 is 0 Å².